The number of sulfonamides is 1. The maximum Gasteiger partial charge on any atom is 0.244 e. The lowest BCUT2D eigenvalue weighted by Crippen LogP contribution is -2.50. The second-order valence-corrected chi connectivity index (χ2v) is 8.31. The zero-order valence-corrected chi connectivity index (χ0v) is 14.5. The van der Waals surface area contributed by atoms with E-state index in [-0.39, 0.29) is 10.8 Å². The van der Waals surface area contributed by atoms with E-state index in [0.717, 1.165) is 25.9 Å². The van der Waals surface area contributed by atoms with E-state index in [2.05, 4.69) is 10.3 Å². The first-order chi connectivity index (χ1) is 11.6. The molecule has 0 radical (unpaired) electrons. The van der Waals surface area contributed by atoms with Crippen molar-refractivity contribution in [3.8, 4) is 0 Å². The van der Waals surface area contributed by atoms with Gasteiger partial charge in [0.25, 0.3) is 0 Å². The molecule has 7 nitrogen and oxygen atoms in total. The second-order valence-electron chi connectivity index (χ2n) is 6.37. The van der Waals surface area contributed by atoms with E-state index in [4.69, 9.17) is 0 Å². The van der Waals surface area contributed by atoms with Gasteiger partial charge in [0.1, 0.15) is 4.90 Å². The van der Waals surface area contributed by atoms with Crippen molar-refractivity contribution in [1.29, 1.82) is 0 Å². The fourth-order valence-electron chi connectivity index (χ4n) is 3.27. The molecule has 0 spiro atoms. The van der Waals surface area contributed by atoms with Crippen molar-refractivity contribution >= 4 is 15.9 Å². The van der Waals surface area contributed by atoms with Crippen LogP contribution in [0.1, 0.15) is 19.3 Å². The molecule has 132 valence electrons. The molecule has 0 bridgehead atoms. The summed E-state index contributed by atoms with van der Waals surface area (Å²) in [5.74, 6) is 0.738. The number of rotatable bonds is 5. The Hall–Kier alpha value is -1.51. The standard InChI is InChI=1S/C16H24N4O3S/c21-16(4-3-14-5-7-18-12-14)19-8-10-20(11-9-19)24(22,23)15-2-1-6-17-13-15/h1-2,6,13-14,18H,3-5,7-12H2. The molecule has 2 saturated heterocycles. The predicted molar refractivity (Wildman–Crippen MR) is 89.8 cm³/mol. The van der Waals surface area contributed by atoms with E-state index < -0.39 is 10.0 Å². The summed E-state index contributed by atoms with van der Waals surface area (Å²) in [7, 11) is -3.51. The number of amides is 1. The Morgan fingerprint density at radius 2 is 2.08 bits per heavy atom. The molecule has 1 amide bonds. The maximum atomic E-state index is 12.5. The normalized spacial score (nSPS) is 22.7. The van der Waals surface area contributed by atoms with E-state index >= 15 is 0 Å². The molecule has 1 N–H and O–H groups in total. The Kier molecular flexibility index (Phi) is 5.47. The van der Waals surface area contributed by atoms with Gasteiger partial charge in [0.15, 0.2) is 0 Å². The van der Waals surface area contributed by atoms with Crippen LogP contribution in [0.2, 0.25) is 0 Å². The number of hydrogen-bond donors (Lipinski definition) is 1. The van der Waals surface area contributed by atoms with E-state index in [0.29, 0.717) is 38.5 Å². The first-order valence-corrected chi connectivity index (χ1v) is 9.90. The highest BCUT2D eigenvalue weighted by Crippen LogP contribution is 2.18. The Morgan fingerprint density at radius 1 is 1.29 bits per heavy atom. The van der Waals surface area contributed by atoms with Crippen LogP contribution in [-0.2, 0) is 14.8 Å². The summed E-state index contributed by atoms with van der Waals surface area (Å²) in [6, 6.07) is 3.17. The second kappa shape index (κ2) is 7.58. The third-order valence-corrected chi connectivity index (χ3v) is 6.67. The van der Waals surface area contributed by atoms with Crippen molar-refractivity contribution < 1.29 is 13.2 Å². The number of hydrogen-bond acceptors (Lipinski definition) is 5. The number of nitrogens with zero attached hydrogens (tertiary/aromatic N) is 3. The van der Waals surface area contributed by atoms with Gasteiger partial charge in [-0.05, 0) is 44.0 Å². The summed E-state index contributed by atoms with van der Waals surface area (Å²) in [6.07, 6.45) is 5.53. The molecule has 3 rings (SSSR count). The number of carbonyl (C=O) groups excluding carboxylic acids is 1. The molecule has 1 unspecified atom stereocenters. The molecular weight excluding hydrogens is 328 g/mol. The van der Waals surface area contributed by atoms with Gasteiger partial charge < -0.3 is 10.2 Å². The van der Waals surface area contributed by atoms with Crippen molar-refractivity contribution in [3.05, 3.63) is 24.5 Å². The monoisotopic (exact) mass is 352 g/mol. The summed E-state index contributed by atoms with van der Waals surface area (Å²) in [5, 5.41) is 3.31. The average molecular weight is 352 g/mol. The Bertz CT molecular complexity index is 651. The molecule has 2 aliphatic rings. The van der Waals surface area contributed by atoms with E-state index in [1.54, 1.807) is 23.2 Å². The number of aromatic nitrogens is 1. The SMILES string of the molecule is O=C(CCC1CCNC1)N1CCN(S(=O)(=O)c2cccnc2)CC1. The lowest BCUT2D eigenvalue weighted by molar-refractivity contribution is -0.132. The third-order valence-electron chi connectivity index (χ3n) is 4.79. The zero-order chi connectivity index (χ0) is 17.0. The Labute approximate surface area is 143 Å². The van der Waals surface area contributed by atoms with Gasteiger partial charge in [-0.3, -0.25) is 9.78 Å². The highest BCUT2D eigenvalue weighted by atomic mass is 32.2. The summed E-state index contributed by atoms with van der Waals surface area (Å²) < 4.78 is 26.5. The molecule has 24 heavy (non-hydrogen) atoms. The minimum Gasteiger partial charge on any atom is -0.340 e. The summed E-state index contributed by atoms with van der Waals surface area (Å²) in [4.78, 5) is 18.2. The summed E-state index contributed by atoms with van der Waals surface area (Å²) >= 11 is 0. The van der Waals surface area contributed by atoms with Crippen LogP contribution in [-0.4, -0.2) is 67.8 Å². The minimum atomic E-state index is -3.51. The topological polar surface area (TPSA) is 82.6 Å². The smallest absolute Gasteiger partial charge is 0.244 e. The van der Waals surface area contributed by atoms with Gasteiger partial charge in [-0.2, -0.15) is 4.31 Å². The number of piperazine rings is 1. The quantitative estimate of drug-likeness (QED) is 0.824. The van der Waals surface area contributed by atoms with Crippen molar-refractivity contribution in [1.82, 2.24) is 19.5 Å². The molecule has 1 aromatic rings. The van der Waals surface area contributed by atoms with Gasteiger partial charge in [0.2, 0.25) is 15.9 Å². The van der Waals surface area contributed by atoms with Crippen LogP contribution < -0.4 is 5.32 Å². The number of nitrogens with one attached hydrogen (secondary N) is 1. The number of carbonyl (C=O) groups is 1. The van der Waals surface area contributed by atoms with Crippen molar-refractivity contribution in [2.24, 2.45) is 5.92 Å². The maximum absolute atomic E-state index is 12.5. The van der Waals surface area contributed by atoms with E-state index in [9.17, 15) is 13.2 Å². The van der Waals surface area contributed by atoms with Crippen molar-refractivity contribution in [2.75, 3.05) is 39.3 Å². The third kappa shape index (κ3) is 3.93. The van der Waals surface area contributed by atoms with Crippen LogP contribution in [0.4, 0.5) is 0 Å². The van der Waals surface area contributed by atoms with E-state index in [1.165, 1.54) is 10.5 Å². The molecule has 3 heterocycles. The fraction of sp³-hybridized carbons (Fsp3) is 0.625. The minimum absolute atomic E-state index is 0.139. The Balaban J connectivity index is 1.51. The van der Waals surface area contributed by atoms with Crippen LogP contribution >= 0.6 is 0 Å². The highest BCUT2D eigenvalue weighted by Gasteiger charge is 2.30. The predicted octanol–water partition coefficient (Wildman–Crippen LogP) is 0.304. The Morgan fingerprint density at radius 3 is 2.71 bits per heavy atom. The lowest BCUT2D eigenvalue weighted by Gasteiger charge is -2.34. The molecule has 8 heteroatoms. The van der Waals surface area contributed by atoms with E-state index in [1.807, 2.05) is 0 Å². The molecule has 2 aliphatic heterocycles. The molecular formula is C16H24N4O3S. The molecule has 0 aromatic carbocycles. The van der Waals surface area contributed by atoms with Gasteiger partial charge in [-0.15, -0.1) is 0 Å². The van der Waals surface area contributed by atoms with Gasteiger partial charge in [0, 0.05) is 45.0 Å². The first kappa shape index (κ1) is 17.3. The van der Waals surface area contributed by atoms with Crippen LogP contribution in [0.5, 0.6) is 0 Å². The van der Waals surface area contributed by atoms with Crippen molar-refractivity contribution in [3.63, 3.8) is 0 Å². The zero-order valence-electron chi connectivity index (χ0n) is 13.7. The lowest BCUT2D eigenvalue weighted by atomic mass is 10.0. The van der Waals surface area contributed by atoms with Gasteiger partial charge >= 0.3 is 0 Å². The van der Waals surface area contributed by atoms with Gasteiger partial charge in [-0.25, -0.2) is 8.42 Å². The first-order valence-electron chi connectivity index (χ1n) is 8.46. The van der Waals surface area contributed by atoms with Crippen LogP contribution in [0, 0.1) is 5.92 Å². The van der Waals surface area contributed by atoms with Gasteiger partial charge in [0.05, 0.1) is 0 Å². The number of pyridine rings is 1. The summed E-state index contributed by atoms with van der Waals surface area (Å²) in [5.41, 5.74) is 0. The van der Waals surface area contributed by atoms with Crippen LogP contribution in [0.15, 0.2) is 29.4 Å². The molecule has 2 fully saturated rings. The highest BCUT2D eigenvalue weighted by molar-refractivity contribution is 7.89. The molecule has 0 saturated carbocycles. The molecule has 1 aromatic heterocycles. The largest absolute Gasteiger partial charge is 0.340 e. The van der Waals surface area contributed by atoms with Crippen molar-refractivity contribution in [2.45, 2.75) is 24.2 Å². The van der Waals surface area contributed by atoms with Gasteiger partial charge in [-0.1, -0.05) is 0 Å². The molecule has 1 atom stereocenters. The van der Waals surface area contributed by atoms with Crippen LogP contribution in [0.3, 0.4) is 0 Å². The van der Waals surface area contributed by atoms with Crippen LogP contribution in [0.25, 0.3) is 0 Å². The average Bonchev–Trinajstić information content (AvgIpc) is 3.14. The fourth-order valence-corrected chi connectivity index (χ4v) is 4.66. The summed E-state index contributed by atoms with van der Waals surface area (Å²) in [6.45, 7) is 3.65. The molecule has 0 aliphatic carbocycles.